The van der Waals surface area contributed by atoms with Gasteiger partial charge in [0.2, 0.25) is 0 Å². The highest BCUT2D eigenvalue weighted by molar-refractivity contribution is 4.44. The fourth-order valence-corrected chi connectivity index (χ4v) is 0.173. The zero-order valence-corrected chi connectivity index (χ0v) is 11.4. The maximum Gasteiger partial charge on any atom is 0.100 e. The highest BCUT2D eigenvalue weighted by atomic mass is 16.4. The fourth-order valence-electron chi connectivity index (χ4n) is 0.173. The van der Waals surface area contributed by atoms with Gasteiger partial charge in [-0.25, -0.2) is 0 Å². The first-order valence-corrected chi connectivity index (χ1v) is 5.62. The summed E-state index contributed by atoms with van der Waals surface area (Å²) in [6.07, 6.45) is -2.86. The molecule has 0 aliphatic rings. The molecule has 9 nitrogen and oxygen atoms in total. The zero-order valence-electron chi connectivity index (χ0n) is 11.4. The van der Waals surface area contributed by atoms with Crippen LogP contribution in [0.25, 0.3) is 0 Å². The summed E-state index contributed by atoms with van der Waals surface area (Å²) in [5, 5.41) is 72.0. The van der Waals surface area contributed by atoms with Crippen LogP contribution in [0.4, 0.5) is 0 Å². The van der Waals surface area contributed by atoms with E-state index in [1.807, 2.05) is 0 Å². The molecule has 0 fully saturated rings. The molecule has 0 aromatic rings. The summed E-state index contributed by atoms with van der Waals surface area (Å²) in [5.41, 5.74) is 0. The summed E-state index contributed by atoms with van der Waals surface area (Å²) in [7, 11) is 0. The molecule has 0 aromatic carbocycles. The lowest BCUT2D eigenvalue weighted by molar-refractivity contribution is 0.0450. The summed E-state index contributed by atoms with van der Waals surface area (Å²) < 4.78 is 0. The molecule has 0 saturated carbocycles. The quantitative estimate of drug-likeness (QED) is 0.220. The normalized spacial score (nSPS) is 9.20. The van der Waals surface area contributed by atoms with Crippen molar-refractivity contribution in [3.8, 4) is 0 Å². The maximum atomic E-state index is 8.17. The van der Waals surface area contributed by atoms with Gasteiger partial charge < -0.3 is 46.0 Å². The third-order valence-corrected chi connectivity index (χ3v) is 1.26. The largest absolute Gasteiger partial charge is 0.394 e. The SMILES string of the molecule is C=C.OCC(O)CO.OCC(O)CO.OCC(O)CO. The summed E-state index contributed by atoms with van der Waals surface area (Å²) in [6.45, 7) is 3.81. The van der Waals surface area contributed by atoms with Crippen molar-refractivity contribution in [3.63, 3.8) is 0 Å². The Morgan fingerprint density at radius 1 is 0.450 bits per heavy atom. The Kier molecular flexibility index (Phi) is 37.2. The van der Waals surface area contributed by atoms with Crippen molar-refractivity contribution in [2.75, 3.05) is 39.6 Å². The van der Waals surface area contributed by atoms with Gasteiger partial charge in [0.1, 0.15) is 18.3 Å². The lowest BCUT2D eigenvalue weighted by Crippen LogP contribution is -2.15. The predicted molar refractivity (Wildman–Crippen MR) is 71.8 cm³/mol. The third kappa shape index (κ3) is 36.0. The molecule has 0 radical (unpaired) electrons. The minimum Gasteiger partial charge on any atom is -0.394 e. The first kappa shape index (κ1) is 27.7. The zero-order chi connectivity index (χ0) is 17.0. The van der Waals surface area contributed by atoms with Crippen LogP contribution in [-0.2, 0) is 0 Å². The van der Waals surface area contributed by atoms with Crippen LogP contribution in [0.1, 0.15) is 0 Å². The first-order chi connectivity index (χ1) is 9.42. The highest BCUT2D eigenvalue weighted by Crippen LogP contribution is 1.72. The van der Waals surface area contributed by atoms with Crippen LogP contribution in [0.2, 0.25) is 0 Å². The number of aliphatic hydroxyl groups is 9. The Morgan fingerprint density at radius 2 is 0.550 bits per heavy atom. The third-order valence-electron chi connectivity index (χ3n) is 1.26. The molecule has 0 unspecified atom stereocenters. The average Bonchev–Trinajstić information content (AvgIpc) is 2.55. The van der Waals surface area contributed by atoms with Gasteiger partial charge in [-0.3, -0.25) is 0 Å². The summed E-state index contributed by atoms with van der Waals surface area (Å²) in [6, 6.07) is 0. The first-order valence-electron chi connectivity index (χ1n) is 5.62. The van der Waals surface area contributed by atoms with Crippen molar-refractivity contribution in [3.05, 3.63) is 13.2 Å². The molecule has 0 aromatic heterocycles. The second kappa shape index (κ2) is 26.8. The van der Waals surface area contributed by atoms with Crippen LogP contribution in [0.15, 0.2) is 13.2 Å². The van der Waals surface area contributed by atoms with Gasteiger partial charge >= 0.3 is 0 Å². The van der Waals surface area contributed by atoms with Crippen molar-refractivity contribution in [2.45, 2.75) is 18.3 Å². The fraction of sp³-hybridized carbons (Fsp3) is 0.818. The average molecular weight is 304 g/mol. The molecule has 9 heteroatoms. The second-order valence-electron chi connectivity index (χ2n) is 3.06. The Balaban J connectivity index is -0.0000000902. The van der Waals surface area contributed by atoms with Gasteiger partial charge in [0, 0.05) is 0 Å². The van der Waals surface area contributed by atoms with Crippen molar-refractivity contribution in [1.82, 2.24) is 0 Å². The van der Waals surface area contributed by atoms with E-state index in [-0.39, 0.29) is 39.6 Å². The van der Waals surface area contributed by atoms with Gasteiger partial charge in [-0.2, -0.15) is 0 Å². The van der Waals surface area contributed by atoms with Crippen LogP contribution in [-0.4, -0.2) is 104 Å². The molecule has 0 saturated heterocycles. The van der Waals surface area contributed by atoms with Crippen molar-refractivity contribution in [2.24, 2.45) is 0 Å². The van der Waals surface area contributed by atoms with Crippen molar-refractivity contribution < 1.29 is 46.0 Å². The van der Waals surface area contributed by atoms with E-state index in [1.54, 1.807) is 0 Å². The number of hydrogen-bond donors (Lipinski definition) is 9. The van der Waals surface area contributed by atoms with E-state index >= 15 is 0 Å². The van der Waals surface area contributed by atoms with Gasteiger partial charge in [-0.15, -0.1) is 13.2 Å². The molecule has 0 atom stereocenters. The molecule has 20 heavy (non-hydrogen) atoms. The molecule has 0 aliphatic heterocycles. The summed E-state index contributed by atoms with van der Waals surface area (Å²) in [4.78, 5) is 0. The van der Waals surface area contributed by atoms with E-state index in [1.165, 1.54) is 0 Å². The van der Waals surface area contributed by atoms with E-state index < -0.39 is 18.3 Å². The minimum atomic E-state index is -0.954. The molecule has 0 heterocycles. The number of hydrogen-bond acceptors (Lipinski definition) is 9. The predicted octanol–water partition coefficient (Wildman–Crippen LogP) is -4.20. The number of rotatable bonds is 6. The van der Waals surface area contributed by atoms with Crippen LogP contribution in [0.3, 0.4) is 0 Å². The second-order valence-corrected chi connectivity index (χ2v) is 3.06. The molecule has 0 spiro atoms. The van der Waals surface area contributed by atoms with E-state index in [0.29, 0.717) is 0 Å². The van der Waals surface area contributed by atoms with E-state index in [2.05, 4.69) is 13.2 Å². The van der Waals surface area contributed by atoms with E-state index in [9.17, 15) is 0 Å². The molecule has 0 bridgehead atoms. The molecule has 0 aliphatic carbocycles. The Labute approximate surface area is 118 Å². The maximum absolute atomic E-state index is 8.17. The lowest BCUT2D eigenvalue weighted by Gasteiger charge is -1.96. The van der Waals surface area contributed by atoms with Gasteiger partial charge in [0.15, 0.2) is 0 Å². The van der Waals surface area contributed by atoms with Gasteiger partial charge in [-0.1, -0.05) is 0 Å². The van der Waals surface area contributed by atoms with Crippen LogP contribution in [0, 0.1) is 0 Å². The smallest absolute Gasteiger partial charge is 0.100 e. The highest BCUT2D eigenvalue weighted by Gasteiger charge is 1.94. The molecule has 0 amide bonds. The summed E-state index contributed by atoms with van der Waals surface area (Å²) >= 11 is 0. The van der Waals surface area contributed by atoms with Crippen LogP contribution >= 0.6 is 0 Å². The molecule has 9 N–H and O–H groups in total. The summed E-state index contributed by atoms with van der Waals surface area (Å²) in [5.74, 6) is 0. The lowest BCUT2D eigenvalue weighted by atomic mass is 10.4. The molecular weight excluding hydrogens is 276 g/mol. The Bertz CT molecular complexity index is 112. The molecule has 0 rings (SSSR count). The molecular formula is C11H28O9. The Morgan fingerprint density at radius 3 is 0.550 bits per heavy atom. The molecule has 126 valence electrons. The van der Waals surface area contributed by atoms with E-state index in [4.69, 9.17) is 46.0 Å². The Hall–Kier alpha value is -0.620. The van der Waals surface area contributed by atoms with E-state index in [0.717, 1.165) is 0 Å². The number of aliphatic hydroxyl groups excluding tert-OH is 9. The minimum absolute atomic E-state index is 0.365. The van der Waals surface area contributed by atoms with Crippen molar-refractivity contribution in [1.29, 1.82) is 0 Å². The van der Waals surface area contributed by atoms with Gasteiger partial charge in [0.05, 0.1) is 39.6 Å². The van der Waals surface area contributed by atoms with Crippen molar-refractivity contribution >= 4 is 0 Å². The monoisotopic (exact) mass is 304 g/mol. The van der Waals surface area contributed by atoms with Crippen LogP contribution in [0.5, 0.6) is 0 Å². The van der Waals surface area contributed by atoms with Gasteiger partial charge in [0.25, 0.3) is 0 Å². The topological polar surface area (TPSA) is 182 Å². The van der Waals surface area contributed by atoms with Crippen LogP contribution < -0.4 is 0 Å². The van der Waals surface area contributed by atoms with Gasteiger partial charge in [-0.05, 0) is 0 Å². The standard InChI is InChI=1S/3C3H8O3.C2H4/c3*4-1-3(6)2-5;1-2/h3*3-6H,1-2H2;1-2H2.